The minimum absolute atomic E-state index is 0.283. The molecule has 0 amide bonds. The zero-order valence-corrected chi connectivity index (χ0v) is 11.3. The van der Waals surface area contributed by atoms with Crippen LogP contribution in [0.5, 0.6) is 0 Å². The Morgan fingerprint density at radius 1 is 1.35 bits per heavy atom. The third-order valence-corrected chi connectivity index (χ3v) is 3.74. The predicted molar refractivity (Wildman–Crippen MR) is 73.2 cm³/mol. The van der Waals surface area contributed by atoms with E-state index in [2.05, 4.69) is 0 Å². The summed E-state index contributed by atoms with van der Waals surface area (Å²) in [5, 5.41) is 0.404. The van der Waals surface area contributed by atoms with Crippen molar-refractivity contribution in [3.63, 3.8) is 0 Å². The first-order valence-electron chi connectivity index (χ1n) is 6.47. The molecule has 0 unspecified atom stereocenters. The molecule has 0 aliphatic carbocycles. The SMILES string of the molecule is CCn1c(=O)c2cc(C(=O)OC)cc3c2n(c1=O)CC3. The minimum Gasteiger partial charge on any atom is -0.465 e. The summed E-state index contributed by atoms with van der Waals surface area (Å²) in [6, 6.07) is 3.22. The first kappa shape index (κ1) is 12.7. The van der Waals surface area contributed by atoms with Gasteiger partial charge in [-0.25, -0.2) is 9.59 Å². The highest BCUT2D eigenvalue weighted by molar-refractivity contribution is 5.96. The lowest BCUT2D eigenvalue weighted by atomic mass is 10.1. The fourth-order valence-electron chi connectivity index (χ4n) is 2.79. The summed E-state index contributed by atoms with van der Waals surface area (Å²) in [5.41, 5.74) is 1.21. The molecule has 1 aliphatic rings. The fraction of sp³-hybridized carbons (Fsp3) is 0.357. The van der Waals surface area contributed by atoms with Crippen LogP contribution < -0.4 is 11.2 Å². The number of esters is 1. The number of aromatic nitrogens is 2. The molecule has 20 heavy (non-hydrogen) atoms. The van der Waals surface area contributed by atoms with Crippen LogP contribution in [0.25, 0.3) is 10.9 Å². The molecule has 0 N–H and O–H groups in total. The van der Waals surface area contributed by atoms with E-state index in [9.17, 15) is 14.4 Å². The standard InChI is InChI=1S/C14H14N2O4/c1-3-15-12(17)10-7-9(13(18)20-2)6-8-4-5-16(11(8)10)14(15)19/h6-7H,3-5H2,1-2H3. The van der Waals surface area contributed by atoms with E-state index in [-0.39, 0.29) is 11.2 Å². The van der Waals surface area contributed by atoms with Crippen molar-refractivity contribution in [3.05, 3.63) is 44.1 Å². The predicted octanol–water partition coefficient (Wildman–Crippen LogP) is 0.526. The Morgan fingerprint density at radius 3 is 2.75 bits per heavy atom. The van der Waals surface area contributed by atoms with Crippen LogP contribution in [0.4, 0.5) is 0 Å². The smallest absolute Gasteiger partial charge is 0.337 e. The molecule has 1 aromatic carbocycles. The number of methoxy groups -OCH3 is 1. The van der Waals surface area contributed by atoms with E-state index in [0.29, 0.717) is 36.0 Å². The second-order valence-electron chi connectivity index (χ2n) is 4.76. The molecule has 104 valence electrons. The average Bonchev–Trinajstić information content (AvgIpc) is 2.88. The Morgan fingerprint density at radius 2 is 2.10 bits per heavy atom. The molecule has 6 nitrogen and oxygen atoms in total. The summed E-state index contributed by atoms with van der Waals surface area (Å²) in [6.07, 6.45) is 0.643. The van der Waals surface area contributed by atoms with Crippen molar-refractivity contribution in [2.45, 2.75) is 26.4 Å². The third kappa shape index (κ3) is 1.54. The normalized spacial score (nSPS) is 12.9. The summed E-state index contributed by atoms with van der Waals surface area (Å²) in [4.78, 5) is 36.3. The lowest BCUT2D eigenvalue weighted by molar-refractivity contribution is 0.0601. The van der Waals surface area contributed by atoms with Gasteiger partial charge in [0.15, 0.2) is 0 Å². The number of ether oxygens (including phenoxy) is 1. The number of nitrogens with zero attached hydrogens (tertiary/aromatic N) is 2. The van der Waals surface area contributed by atoms with Crippen LogP contribution in [0.2, 0.25) is 0 Å². The maximum absolute atomic E-state index is 12.4. The number of benzene rings is 1. The van der Waals surface area contributed by atoms with Crippen molar-refractivity contribution < 1.29 is 9.53 Å². The summed E-state index contributed by atoms with van der Waals surface area (Å²) in [5.74, 6) is -0.477. The first-order chi connectivity index (χ1) is 9.58. The number of rotatable bonds is 2. The highest BCUT2D eigenvalue weighted by Gasteiger charge is 2.22. The monoisotopic (exact) mass is 274 g/mol. The highest BCUT2D eigenvalue weighted by Crippen LogP contribution is 2.24. The lowest BCUT2D eigenvalue weighted by Gasteiger charge is -2.09. The van der Waals surface area contributed by atoms with Gasteiger partial charge < -0.3 is 4.74 Å². The average molecular weight is 274 g/mol. The van der Waals surface area contributed by atoms with E-state index >= 15 is 0 Å². The maximum Gasteiger partial charge on any atom is 0.337 e. The summed E-state index contributed by atoms with van der Waals surface area (Å²) in [7, 11) is 1.30. The van der Waals surface area contributed by atoms with Gasteiger partial charge in [-0.15, -0.1) is 0 Å². The molecular weight excluding hydrogens is 260 g/mol. The van der Waals surface area contributed by atoms with Crippen LogP contribution in [0, 0.1) is 0 Å². The van der Waals surface area contributed by atoms with Gasteiger partial charge in [0.05, 0.1) is 23.6 Å². The summed E-state index contributed by atoms with van der Waals surface area (Å²) in [6.45, 7) is 2.60. The van der Waals surface area contributed by atoms with Crippen molar-refractivity contribution in [1.29, 1.82) is 0 Å². The second kappa shape index (κ2) is 4.33. The number of carbonyl (C=O) groups excluding carboxylic acids is 1. The van der Waals surface area contributed by atoms with E-state index in [1.807, 2.05) is 0 Å². The molecule has 0 saturated carbocycles. The topological polar surface area (TPSA) is 70.3 Å². The Labute approximate surface area is 114 Å². The highest BCUT2D eigenvalue weighted by atomic mass is 16.5. The van der Waals surface area contributed by atoms with E-state index in [0.717, 1.165) is 5.56 Å². The van der Waals surface area contributed by atoms with Gasteiger partial charge in [-0.2, -0.15) is 0 Å². The van der Waals surface area contributed by atoms with E-state index in [4.69, 9.17) is 4.74 Å². The van der Waals surface area contributed by atoms with Crippen LogP contribution >= 0.6 is 0 Å². The largest absolute Gasteiger partial charge is 0.465 e. The lowest BCUT2D eigenvalue weighted by Crippen LogP contribution is -2.38. The van der Waals surface area contributed by atoms with Crippen molar-refractivity contribution >= 4 is 16.9 Å². The van der Waals surface area contributed by atoms with Gasteiger partial charge in [-0.1, -0.05) is 0 Å². The van der Waals surface area contributed by atoms with Gasteiger partial charge in [-0.3, -0.25) is 13.9 Å². The number of hydrogen-bond acceptors (Lipinski definition) is 4. The second-order valence-corrected chi connectivity index (χ2v) is 4.76. The van der Waals surface area contributed by atoms with Gasteiger partial charge in [0, 0.05) is 13.1 Å². The molecule has 2 aromatic rings. The van der Waals surface area contributed by atoms with E-state index in [1.54, 1.807) is 17.6 Å². The molecule has 6 heteroatoms. The molecule has 1 aromatic heterocycles. The van der Waals surface area contributed by atoms with Gasteiger partial charge in [0.25, 0.3) is 5.56 Å². The molecular formula is C14H14N2O4. The molecule has 0 atom stereocenters. The van der Waals surface area contributed by atoms with Crippen molar-refractivity contribution in [2.24, 2.45) is 0 Å². The Kier molecular flexibility index (Phi) is 2.74. The van der Waals surface area contributed by atoms with Gasteiger partial charge in [-0.05, 0) is 31.0 Å². The first-order valence-corrected chi connectivity index (χ1v) is 6.47. The van der Waals surface area contributed by atoms with Crippen LogP contribution in [-0.2, 0) is 24.2 Å². The summed E-state index contributed by atoms with van der Waals surface area (Å²) < 4.78 is 7.51. The zero-order chi connectivity index (χ0) is 14.4. The molecule has 0 spiro atoms. The van der Waals surface area contributed by atoms with Gasteiger partial charge in [0.2, 0.25) is 0 Å². The fourth-order valence-corrected chi connectivity index (χ4v) is 2.79. The number of aryl methyl sites for hydroxylation is 2. The molecule has 3 rings (SSSR count). The van der Waals surface area contributed by atoms with Crippen molar-refractivity contribution in [2.75, 3.05) is 7.11 Å². The van der Waals surface area contributed by atoms with Crippen LogP contribution in [0.15, 0.2) is 21.7 Å². The molecule has 0 fully saturated rings. The molecule has 0 radical (unpaired) electrons. The van der Waals surface area contributed by atoms with Gasteiger partial charge in [0.1, 0.15) is 0 Å². The Hall–Kier alpha value is -2.37. The van der Waals surface area contributed by atoms with Crippen LogP contribution in [0.1, 0.15) is 22.8 Å². The molecule has 0 saturated heterocycles. The van der Waals surface area contributed by atoms with Gasteiger partial charge >= 0.3 is 11.7 Å². The minimum atomic E-state index is -0.477. The third-order valence-electron chi connectivity index (χ3n) is 3.74. The zero-order valence-electron chi connectivity index (χ0n) is 11.3. The Balaban J connectivity index is 2.47. The maximum atomic E-state index is 12.4. The van der Waals surface area contributed by atoms with E-state index in [1.165, 1.54) is 17.7 Å². The molecule has 1 aliphatic heterocycles. The molecule has 0 bridgehead atoms. The molecule has 2 heterocycles. The van der Waals surface area contributed by atoms with Crippen LogP contribution in [-0.4, -0.2) is 22.2 Å². The Bertz CT molecular complexity index is 845. The number of carbonyl (C=O) groups is 1. The van der Waals surface area contributed by atoms with Crippen molar-refractivity contribution in [1.82, 2.24) is 9.13 Å². The van der Waals surface area contributed by atoms with E-state index < -0.39 is 5.97 Å². The number of hydrogen-bond donors (Lipinski definition) is 0. The quantitative estimate of drug-likeness (QED) is 0.749. The summed E-state index contributed by atoms with van der Waals surface area (Å²) >= 11 is 0. The van der Waals surface area contributed by atoms with Crippen molar-refractivity contribution in [3.8, 4) is 0 Å². The van der Waals surface area contributed by atoms with Crippen LogP contribution in [0.3, 0.4) is 0 Å².